The van der Waals surface area contributed by atoms with Gasteiger partial charge in [-0.2, -0.15) is 0 Å². The fourth-order valence-electron chi connectivity index (χ4n) is 2.35. The van der Waals surface area contributed by atoms with E-state index in [0.717, 1.165) is 12.1 Å². The first-order chi connectivity index (χ1) is 10.5. The maximum Gasteiger partial charge on any atom is 0.171 e. The lowest BCUT2D eigenvalue weighted by atomic mass is 10.1. The number of hydrogen-bond acceptors (Lipinski definition) is 1. The Bertz CT molecular complexity index is 647. The van der Waals surface area contributed by atoms with Gasteiger partial charge in [-0.05, 0) is 67.7 Å². The second-order valence-electron chi connectivity index (χ2n) is 5.73. The first kappa shape index (κ1) is 16.5. The summed E-state index contributed by atoms with van der Waals surface area (Å²) in [5.41, 5.74) is 6.06. The van der Waals surface area contributed by atoms with E-state index < -0.39 is 0 Å². The molecule has 3 heteroatoms. The Morgan fingerprint density at radius 1 is 1.09 bits per heavy atom. The van der Waals surface area contributed by atoms with Crippen LogP contribution < -0.4 is 10.6 Å². The van der Waals surface area contributed by atoms with Gasteiger partial charge in [0.1, 0.15) is 0 Å². The van der Waals surface area contributed by atoms with Crippen LogP contribution in [-0.2, 0) is 6.42 Å². The van der Waals surface area contributed by atoms with Crippen molar-refractivity contribution in [2.45, 2.75) is 40.2 Å². The molecule has 1 unspecified atom stereocenters. The van der Waals surface area contributed by atoms with Gasteiger partial charge in [-0.15, -0.1) is 0 Å². The third kappa shape index (κ3) is 4.31. The molecule has 0 aromatic heterocycles. The van der Waals surface area contributed by atoms with E-state index in [-0.39, 0.29) is 6.04 Å². The Kier molecular flexibility index (Phi) is 5.56. The lowest BCUT2D eigenvalue weighted by Crippen LogP contribution is -2.31. The van der Waals surface area contributed by atoms with Crippen molar-refractivity contribution < 1.29 is 0 Å². The van der Waals surface area contributed by atoms with Gasteiger partial charge in [0.15, 0.2) is 5.11 Å². The van der Waals surface area contributed by atoms with Crippen LogP contribution in [0.4, 0.5) is 5.69 Å². The quantitative estimate of drug-likeness (QED) is 0.784. The molecule has 0 fully saturated rings. The van der Waals surface area contributed by atoms with Gasteiger partial charge in [0.05, 0.1) is 6.04 Å². The van der Waals surface area contributed by atoms with E-state index >= 15 is 0 Å². The monoisotopic (exact) mass is 312 g/mol. The smallest absolute Gasteiger partial charge is 0.171 e. The van der Waals surface area contributed by atoms with Crippen LogP contribution in [0.25, 0.3) is 0 Å². The van der Waals surface area contributed by atoms with Crippen LogP contribution in [0.15, 0.2) is 42.5 Å². The molecule has 2 N–H and O–H groups in total. The molecule has 0 saturated heterocycles. The lowest BCUT2D eigenvalue weighted by Gasteiger charge is -2.19. The fraction of sp³-hybridized carbons (Fsp3) is 0.316. The summed E-state index contributed by atoms with van der Waals surface area (Å²) in [6.45, 7) is 8.45. The lowest BCUT2D eigenvalue weighted by molar-refractivity contribution is 0.722. The Morgan fingerprint density at radius 2 is 1.77 bits per heavy atom. The zero-order chi connectivity index (χ0) is 16.1. The minimum atomic E-state index is 0.177. The summed E-state index contributed by atoms with van der Waals surface area (Å²) < 4.78 is 0. The highest BCUT2D eigenvalue weighted by Gasteiger charge is 2.08. The topological polar surface area (TPSA) is 24.1 Å². The van der Waals surface area contributed by atoms with Crippen molar-refractivity contribution in [2.24, 2.45) is 0 Å². The summed E-state index contributed by atoms with van der Waals surface area (Å²) >= 11 is 5.44. The van der Waals surface area contributed by atoms with Crippen LogP contribution in [0, 0.1) is 13.8 Å². The average molecular weight is 312 g/mol. The average Bonchev–Trinajstić information content (AvgIpc) is 2.51. The first-order valence-electron chi connectivity index (χ1n) is 7.73. The van der Waals surface area contributed by atoms with Crippen LogP contribution >= 0.6 is 12.2 Å². The minimum absolute atomic E-state index is 0.177. The molecule has 0 radical (unpaired) electrons. The highest BCUT2D eigenvalue weighted by molar-refractivity contribution is 7.80. The molecule has 0 aliphatic carbocycles. The van der Waals surface area contributed by atoms with Crippen molar-refractivity contribution in [1.82, 2.24) is 5.32 Å². The summed E-state index contributed by atoms with van der Waals surface area (Å²) in [6.07, 6.45) is 1.06. The number of hydrogen-bond donors (Lipinski definition) is 2. The third-order valence-corrected chi connectivity index (χ3v) is 4.10. The molecule has 2 rings (SSSR count). The van der Waals surface area contributed by atoms with Gasteiger partial charge in [0.2, 0.25) is 0 Å². The second kappa shape index (κ2) is 7.41. The Hall–Kier alpha value is -1.87. The highest BCUT2D eigenvalue weighted by Crippen LogP contribution is 2.18. The largest absolute Gasteiger partial charge is 0.356 e. The number of thiocarbonyl (C=S) groups is 1. The Balaban J connectivity index is 2.00. The summed E-state index contributed by atoms with van der Waals surface area (Å²) in [6, 6.07) is 15.2. The molecule has 2 aromatic rings. The standard InChI is InChI=1S/C19H24N2S/c1-5-16-8-10-17(11-9-16)15(4)20-19(22)21-18-12-13(2)6-7-14(18)3/h6-12,15H,5H2,1-4H3,(H2,20,21,22). The predicted molar refractivity (Wildman–Crippen MR) is 99.5 cm³/mol. The molecule has 22 heavy (non-hydrogen) atoms. The molecule has 0 heterocycles. The number of aryl methyl sites for hydroxylation is 3. The van der Waals surface area contributed by atoms with Crippen LogP contribution in [-0.4, -0.2) is 5.11 Å². The Labute approximate surface area is 139 Å². The maximum atomic E-state index is 5.44. The van der Waals surface area contributed by atoms with Crippen molar-refractivity contribution in [1.29, 1.82) is 0 Å². The van der Waals surface area contributed by atoms with E-state index in [0.29, 0.717) is 5.11 Å². The number of anilines is 1. The third-order valence-electron chi connectivity index (χ3n) is 3.88. The molecule has 2 nitrogen and oxygen atoms in total. The summed E-state index contributed by atoms with van der Waals surface area (Å²) in [5, 5.41) is 7.30. The summed E-state index contributed by atoms with van der Waals surface area (Å²) in [5.74, 6) is 0. The molecule has 2 aromatic carbocycles. The molecule has 0 aliphatic heterocycles. The molecule has 0 amide bonds. The van der Waals surface area contributed by atoms with Gasteiger partial charge in [-0.25, -0.2) is 0 Å². The SMILES string of the molecule is CCc1ccc(C(C)NC(=S)Nc2cc(C)ccc2C)cc1. The zero-order valence-corrected chi connectivity index (χ0v) is 14.6. The van der Waals surface area contributed by atoms with Gasteiger partial charge in [-0.3, -0.25) is 0 Å². The van der Waals surface area contributed by atoms with E-state index in [1.807, 2.05) is 0 Å². The number of benzene rings is 2. The first-order valence-corrected chi connectivity index (χ1v) is 8.14. The molecule has 0 saturated carbocycles. The predicted octanol–water partition coefficient (Wildman–Crippen LogP) is 4.91. The van der Waals surface area contributed by atoms with E-state index in [1.165, 1.54) is 22.3 Å². The van der Waals surface area contributed by atoms with Crippen LogP contribution in [0.3, 0.4) is 0 Å². The maximum absolute atomic E-state index is 5.44. The van der Waals surface area contributed by atoms with Crippen molar-refractivity contribution in [3.63, 3.8) is 0 Å². The molecular weight excluding hydrogens is 288 g/mol. The normalized spacial score (nSPS) is 11.8. The molecule has 0 aliphatic rings. The summed E-state index contributed by atoms with van der Waals surface area (Å²) in [7, 11) is 0. The van der Waals surface area contributed by atoms with Crippen molar-refractivity contribution in [3.8, 4) is 0 Å². The molecule has 1 atom stereocenters. The van der Waals surface area contributed by atoms with Gasteiger partial charge in [0.25, 0.3) is 0 Å². The molecule has 0 bridgehead atoms. The number of rotatable bonds is 4. The van der Waals surface area contributed by atoms with E-state index in [1.54, 1.807) is 0 Å². The summed E-state index contributed by atoms with van der Waals surface area (Å²) in [4.78, 5) is 0. The highest BCUT2D eigenvalue weighted by atomic mass is 32.1. The number of nitrogens with one attached hydrogen (secondary N) is 2. The second-order valence-corrected chi connectivity index (χ2v) is 6.14. The zero-order valence-electron chi connectivity index (χ0n) is 13.7. The Morgan fingerprint density at radius 3 is 2.41 bits per heavy atom. The molecular formula is C19H24N2S. The van der Waals surface area contributed by atoms with Crippen molar-refractivity contribution in [2.75, 3.05) is 5.32 Å². The minimum Gasteiger partial charge on any atom is -0.356 e. The van der Waals surface area contributed by atoms with Crippen LogP contribution in [0.1, 0.15) is 42.1 Å². The fourth-order valence-corrected chi connectivity index (χ4v) is 2.64. The van der Waals surface area contributed by atoms with Gasteiger partial charge >= 0.3 is 0 Å². The molecule has 116 valence electrons. The van der Waals surface area contributed by atoms with E-state index in [9.17, 15) is 0 Å². The van der Waals surface area contributed by atoms with Gasteiger partial charge in [-0.1, -0.05) is 43.3 Å². The molecule has 0 spiro atoms. The van der Waals surface area contributed by atoms with Crippen molar-refractivity contribution >= 4 is 23.0 Å². The van der Waals surface area contributed by atoms with Gasteiger partial charge in [0, 0.05) is 5.69 Å². The van der Waals surface area contributed by atoms with Crippen LogP contribution in [0.2, 0.25) is 0 Å². The van der Waals surface area contributed by atoms with E-state index in [2.05, 4.69) is 80.8 Å². The van der Waals surface area contributed by atoms with Crippen molar-refractivity contribution in [3.05, 3.63) is 64.7 Å². The van der Waals surface area contributed by atoms with Gasteiger partial charge < -0.3 is 10.6 Å². The van der Waals surface area contributed by atoms with E-state index in [4.69, 9.17) is 12.2 Å². The van der Waals surface area contributed by atoms with Crippen LogP contribution in [0.5, 0.6) is 0 Å².